The fourth-order valence-corrected chi connectivity index (χ4v) is 1.15. The van der Waals surface area contributed by atoms with Gasteiger partial charge in [0.25, 0.3) is 0 Å². The topological polar surface area (TPSA) is 47.6 Å². The van der Waals surface area contributed by atoms with Crippen LogP contribution in [0.2, 0.25) is 0 Å². The summed E-state index contributed by atoms with van der Waals surface area (Å²) in [6.07, 6.45) is 1.05. The molecule has 0 rings (SSSR count). The molecule has 90 valence electrons. The lowest BCUT2D eigenvalue weighted by atomic mass is 10.2. The fourth-order valence-electron chi connectivity index (χ4n) is 1.15. The zero-order chi connectivity index (χ0) is 11.9. The van der Waals surface area contributed by atoms with Crippen LogP contribution in [0.4, 0.5) is 4.79 Å². The molecule has 15 heavy (non-hydrogen) atoms. The number of rotatable bonds is 5. The minimum atomic E-state index is -0.416. The molecule has 0 aromatic rings. The van der Waals surface area contributed by atoms with Crippen molar-refractivity contribution in [2.24, 2.45) is 0 Å². The van der Waals surface area contributed by atoms with Crippen LogP contribution in [0.5, 0.6) is 0 Å². The SMILES string of the molecule is CCCC(NC(=O)OCC)OC(C)(C)C. The molecule has 0 spiro atoms. The predicted molar refractivity (Wildman–Crippen MR) is 59.7 cm³/mol. The van der Waals surface area contributed by atoms with E-state index in [9.17, 15) is 4.79 Å². The quantitative estimate of drug-likeness (QED) is 0.720. The Kier molecular flexibility index (Phi) is 6.32. The van der Waals surface area contributed by atoms with E-state index < -0.39 is 6.09 Å². The summed E-state index contributed by atoms with van der Waals surface area (Å²) in [6.45, 7) is 10.1. The van der Waals surface area contributed by atoms with Crippen molar-refractivity contribution in [2.75, 3.05) is 6.61 Å². The maximum atomic E-state index is 11.2. The molecule has 1 unspecified atom stereocenters. The molecule has 4 nitrogen and oxygen atoms in total. The van der Waals surface area contributed by atoms with Crippen LogP contribution < -0.4 is 5.32 Å². The van der Waals surface area contributed by atoms with E-state index in [4.69, 9.17) is 9.47 Å². The van der Waals surface area contributed by atoms with Crippen molar-refractivity contribution < 1.29 is 14.3 Å². The summed E-state index contributed by atoms with van der Waals surface area (Å²) in [5, 5.41) is 2.69. The Morgan fingerprint density at radius 2 is 1.93 bits per heavy atom. The molecule has 0 aliphatic heterocycles. The third-order valence-electron chi connectivity index (χ3n) is 1.60. The van der Waals surface area contributed by atoms with Crippen molar-refractivity contribution in [3.05, 3.63) is 0 Å². The molecule has 1 N–H and O–H groups in total. The van der Waals surface area contributed by atoms with E-state index in [1.54, 1.807) is 6.92 Å². The summed E-state index contributed by atoms with van der Waals surface area (Å²) in [6, 6.07) is 0. The largest absolute Gasteiger partial charge is 0.450 e. The first-order chi connectivity index (χ1) is 6.89. The van der Waals surface area contributed by atoms with Crippen LogP contribution in [0, 0.1) is 0 Å². The standard InChI is InChI=1S/C11H23NO3/c1-6-8-9(15-11(3,4)5)12-10(13)14-7-2/h9H,6-8H2,1-5H3,(H,12,13). The molecule has 0 aromatic heterocycles. The van der Waals surface area contributed by atoms with Gasteiger partial charge in [0.2, 0.25) is 0 Å². The van der Waals surface area contributed by atoms with E-state index in [1.807, 2.05) is 27.7 Å². The van der Waals surface area contributed by atoms with Gasteiger partial charge in [-0.15, -0.1) is 0 Å². The highest BCUT2D eigenvalue weighted by molar-refractivity contribution is 5.67. The van der Waals surface area contributed by atoms with Gasteiger partial charge in [0.15, 0.2) is 0 Å². The van der Waals surface area contributed by atoms with Gasteiger partial charge >= 0.3 is 6.09 Å². The monoisotopic (exact) mass is 217 g/mol. The first-order valence-electron chi connectivity index (χ1n) is 5.50. The Labute approximate surface area is 92.3 Å². The molecular weight excluding hydrogens is 194 g/mol. The Balaban J connectivity index is 4.09. The normalized spacial score (nSPS) is 13.4. The predicted octanol–water partition coefficient (Wildman–Crippen LogP) is 2.67. The first-order valence-corrected chi connectivity index (χ1v) is 5.50. The maximum absolute atomic E-state index is 11.2. The number of hydrogen-bond donors (Lipinski definition) is 1. The zero-order valence-electron chi connectivity index (χ0n) is 10.4. The number of carbonyl (C=O) groups is 1. The number of nitrogens with one attached hydrogen (secondary N) is 1. The van der Waals surface area contributed by atoms with Crippen molar-refractivity contribution in [3.63, 3.8) is 0 Å². The molecule has 0 bridgehead atoms. The van der Waals surface area contributed by atoms with Crippen LogP contribution in [0.15, 0.2) is 0 Å². The van der Waals surface area contributed by atoms with Gasteiger partial charge < -0.3 is 9.47 Å². The minimum absolute atomic E-state index is 0.265. The van der Waals surface area contributed by atoms with E-state index in [0.717, 1.165) is 12.8 Å². The molecule has 0 radical (unpaired) electrons. The molecule has 0 aromatic carbocycles. The number of hydrogen-bond acceptors (Lipinski definition) is 3. The summed E-state index contributed by atoms with van der Waals surface area (Å²) < 4.78 is 10.5. The van der Waals surface area contributed by atoms with Gasteiger partial charge in [0.05, 0.1) is 12.2 Å². The summed E-state index contributed by atoms with van der Waals surface area (Å²) in [4.78, 5) is 11.2. The van der Waals surface area contributed by atoms with Crippen LogP contribution in [0.1, 0.15) is 47.5 Å². The average Bonchev–Trinajstić information content (AvgIpc) is 2.01. The summed E-state index contributed by atoms with van der Waals surface area (Å²) in [5.74, 6) is 0. The van der Waals surface area contributed by atoms with Gasteiger partial charge in [0.1, 0.15) is 6.23 Å². The number of ether oxygens (including phenoxy) is 2. The number of alkyl carbamates (subject to hydrolysis) is 1. The Hall–Kier alpha value is -0.770. The number of amides is 1. The van der Waals surface area contributed by atoms with Crippen LogP contribution in [0.3, 0.4) is 0 Å². The maximum Gasteiger partial charge on any atom is 0.409 e. The van der Waals surface area contributed by atoms with Gasteiger partial charge in [-0.05, 0) is 34.1 Å². The molecule has 0 saturated heterocycles. The lowest BCUT2D eigenvalue weighted by Crippen LogP contribution is -2.41. The van der Waals surface area contributed by atoms with E-state index in [-0.39, 0.29) is 11.8 Å². The van der Waals surface area contributed by atoms with E-state index >= 15 is 0 Å². The van der Waals surface area contributed by atoms with E-state index in [0.29, 0.717) is 6.61 Å². The molecule has 0 fully saturated rings. The van der Waals surface area contributed by atoms with Crippen molar-refractivity contribution in [1.82, 2.24) is 5.32 Å². The molecule has 0 aliphatic rings. The van der Waals surface area contributed by atoms with Gasteiger partial charge in [-0.2, -0.15) is 0 Å². The Morgan fingerprint density at radius 1 is 1.33 bits per heavy atom. The van der Waals surface area contributed by atoms with E-state index in [1.165, 1.54) is 0 Å². The van der Waals surface area contributed by atoms with Crippen LogP contribution in [-0.4, -0.2) is 24.5 Å². The third kappa shape index (κ3) is 8.24. The second kappa shape index (κ2) is 6.67. The summed E-state index contributed by atoms with van der Waals surface area (Å²) >= 11 is 0. The highest BCUT2D eigenvalue weighted by atomic mass is 16.6. The second-order valence-electron chi connectivity index (χ2n) is 4.37. The van der Waals surface area contributed by atoms with Crippen molar-refractivity contribution in [3.8, 4) is 0 Å². The van der Waals surface area contributed by atoms with Gasteiger partial charge in [0, 0.05) is 0 Å². The molecule has 0 saturated carbocycles. The molecular formula is C11H23NO3. The van der Waals surface area contributed by atoms with E-state index in [2.05, 4.69) is 5.32 Å². The van der Waals surface area contributed by atoms with Crippen molar-refractivity contribution in [1.29, 1.82) is 0 Å². The zero-order valence-corrected chi connectivity index (χ0v) is 10.4. The lowest BCUT2D eigenvalue weighted by Gasteiger charge is -2.27. The van der Waals surface area contributed by atoms with Crippen LogP contribution >= 0.6 is 0 Å². The lowest BCUT2D eigenvalue weighted by molar-refractivity contribution is -0.0754. The Morgan fingerprint density at radius 3 is 2.33 bits per heavy atom. The van der Waals surface area contributed by atoms with Gasteiger partial charge in [-0.1, -0.05) is 13.3 Å². The Bertz CT molecular complexity index is 187. The minimum Gasteiger partial charge on any atom is -0.450 e. The van der Waals surface area contributed by atoms with Gasteiger partial charge in [-0.25, -0.2) is 4.79 Å². The number of carbonyl (C=O) groups excluding carboxylic acids is 1. The second-order valence-corrected chi connectivity index (χ2v) is 4.37. The van der Waals surface area contributed by atoms with Gasteiger partial charge in [-0.3, -0.25) is 5.32 Å². The fraction of sp³-hybridized carbons (Fsp3) is 0.909. The summed E-state index contributed by atoms with van der Waals surface area (Å²) in [5.41, 5.74) is -0.265. The molecule has 0 heterocycles. The first kappa shape index (κ1) is 14.2. The van der Waals surface area contributed by atoms with Crippen LogP contribution in [-0.2, 0) is 9.47 Å². The molecule has 4 heteroatoms. The third-order valence-corrected chi connectivity index (χ3v) is 1.60. The smallest absolute Gasteiger partial charge is 0.409 e. The van der Waals surface area contributed by atoms with Crippen LogP contribution in [0.25, 0.3) is 0 Å². The molecule has 1 amide bonds. The highest BCUT2D eigenvalue weighted by Crippen LogP contribution is 2.12. The summed E-state index contributed by atoms with van der Waals surface area (Å²) in [7, 11) is 0. The molecule has 0 aliphatic carbocycles. The average molecular weight is 217 g/mol. The molecule has 1 atom stereocenters. The van der Waals surface area contributed by atoms with Crippen molar-refractivity contribution >= 4 is 6.09 Å². The highest BCUT2D eigenvalue weighted by Gasteiger charge is 2.19. The van der Waals surface area contributed by atoms with Crippen molar-refractivity contribution in [2.45, 2.75) is 59.3 Å².